The molecule has 6 rings (SSSR count). The quantitative estimate of drug-likeness (QED) is 0.279. The maximum atomic E-state index is 14.2. The third-order valence-corrected chi connectivity index (χ3v) is 8.41. The summed E-state index contributed by atoms with van der Waals surface area (Å²) in [6.45, 7) is 2.71. The molecule has 0 unspecified atom stereocenters. The van der Waals surface area contributed by atoms with Crippen LogP contribution in [0.15, 0.2) is 72.2 Å². The largest absolute Gasteiger partial charge is 0.508 e. The number of thiazole rings is 1. The molecule has 3 aromatic carbocycles. The van der Waals surface area contributed by atoms with Crippen LogP contribution < -0.4 is 5.32 Å². The van der Waals surface area contributed by atoms with E-state index < -0.39 is 23.7 Å². The second kappa shape index (κ2) is 12.4. The van der Waals surface area contributed by atoms with E-state index in [1.54, 1.807) is 17.5 Å². The summed E-state index contributed by atoms with van der Waals surface area (Å²) in [5, 5.41) is 25.0. The highest BCUT2D eigenvalue weighted by Crippen LogP contribution is 2.36. The molecular weight excluding hydrogens is 567 g/mol. The maximum absolute atomic E-state index is 14.2. The molecule has 0 bridgehead atoms. The van der Waals surface area contributed by atoms with Gasteiger partial charge in [-0.2, -0.15) is 0 Å². The number of phenolic OH excluding ortho intramolecular Hbond substituents is 1. The number of aliphatic hydroxyl groups excluding tert-OH is 1. The highest BCUT2D eigenvalue weighted by atomic mass is 32.1. The molecular formula is C33H29FN4O4S. The second-order valence-corrected chi connectivity index (χ2v) is 11.6. The fraction of sp³-hybridized carbons (Fsp3) is 0.242. The number of carbonyl (C=O) groups is 2. The summed E-state index contributed by atoms with van der Waals surface area (Å²) in [6, 6.07) is 15.4. The molecule has 2 amide bonds. The lowest BCUT2D eigenvalue weighted by Gasteiger charge is -2.29. The van der Waals surface area contributed by atoms with Gasteiger partial charge < -0.3 is 15.1 Å². The van der Waals surface area contributed by atoms with Crippen LogP contribution in [-0.4, -0.2) is 56.0 Å². The Morgan fingerprint density at radius 3 is 2.56 bits per heavy atom. The number of nitrogens with one attached hydrogen (secondary N) is 1. The van der Waals surface area contributed by atoms with Gasteiger partial charge in [-0.1, -0.05) is 30.0 Å². The zero-order chi connectivity index (χ0) is 29.9. The number of hydrogen-bond acceptors (Lipinski definition) is 7. The van der Waals surface area contributed by atoms with Crippen molar-refractivity contribution in [3.63, 3.8) is 0 Å². The van der Waals surface area contributed by atoms with Crippen LogP contribution in [0.5, 0.6) is 5.75 Å². The lowest BCUT2D eigenvalue weighted by atomic mass is 10.0. The number of nitrogens with zero attached hydrogens (tertiary/aromatic N) is 3. The Labute approximate surface area is 252 Å². The number of halogens is 1. The van der Waals surface area contributed by atoms with E-state index in [1.807, 2.05) is 18.2 Å². The van der Waals surface area contributed by atoms with Crippen LogP contribution in [-0.2, 0) is 17.9 Å². The summed E-state index contributed by atoms with van der Waals surface area (Å²) in [6.07, 6.45) is 2.95. The number of benzene rings is 3. The van der Waals surface area contributed by atoms with E-state index in [0.717, 1.165) is 50.2 Å². The van der Waals surface area contributed by atoms with Crippen LogP contribution >= 0.6 is 11.3 Å². The standard InChI is InChI=1S/C33H29FN4O4S/c34-25-9-10-29(40)28(18-25)30(31(41)36-33-35-13-16-43-33)38-20-24-8-7-22(17-27(24)32(38)42)4-1-21-2-5-23(6-3-21)19-37-14-11-26(39)12-15-37/h2-3,5-10,13,16-18,26,30,39-40H,11-12,14-15,19-20H2,(H,35,36,41)/t30-/m1/s1. The van der Waals surface area contributed by atoms with E-state index in [2.05, 4.69) is 39.2 Å². The number of phenols is 1. The summed E-state index contributed by atoms with van der Waals surface area (Å²) in [4.78, 5) is 34.8. The Bertz CT molecular complexity index is 1710. The summed E-state index contributed by atoms with van der Waals surface area (Å²) >= 11 is 1.21. The van der Waals surface area contributed by atoms with E-state index in [9.17, 15) is 24.2 Å². The van der Waals surface area contributed by atoms with Crippen molar-refractivity contribution in [2.75, 3.05) is 18.4 Å². The topological polar surface area (TPSA) is 106 Å². The molecule has 0 aliphatic carbocycles. The Morgan fingerprint density at radius 2 is 1.81 bits per heavy atom. The van der Waals surface area contributed by atoms with Crippen LogP contribution in [0.3, 0.4) is 0 Å². The van der Waals surface area contributed by atoms with Crippen LogP contribution in [0.25, 0.3) is 0 Å². The first kappa shape index (κ1) is 28.6. The molecule has 218 valence electrons. The van der Waals surface area contributed by atoms with Gasteiger partial charge in [-0.15, -0.1) is 11.3 Å². The minimum absolute atomic E-state index is 0.0171. The maximum Gasteiger partial charge on any atom is 0.255 e. The fourth-order valence-corrected chi connectivity index (χ4v) is 5.97. The second-order valence-electron chi connectivity index (χ2n) is 10.7. The molecule has 1 saturated heterocycles. The van der Waals surface area contributed by atoms with E-state index in [-0.39, 0.29) is 24.0 Å². The molecule has 0 saturated carbocycles. The smallest absolute Gasteiger partial charge is 0.255 e. The van der Waals surface area contributed by atoms with E-state index in [4.69, 9.17) is 0 Å². The van der Waals surface area contributed by atoms with Gasteiger partial charge in [0.1, 0.15) is 17.6 Å². The number of aliphatic hydroxyl groups is 1. The molecule has 2 aliphatic heterocycles. The van der Waals surface area contributed by atoms with Gasteiger partial charge in [0.2, 0.25) is 0 Å². The van der Waals surface area contributed by atoms with Crippen LogP contribution in [0.4, 0.5) is 9.52 Å². The Hall–Kier alpha value is -4.56. The van der Waals surface area contributed by atoms with Crippen molar-refractivity contribution < 1.29 is 24.2 Å². The molecule has 1 atom stereocenters. The summed E-state index contributed by atoms with van der Waals surface area (Å²) < 4.78 is 14.2. The molecule has 0 radical (unpaired) electrons. The van der Waals surface area contributed by atoms with Crippen molar-refractivity contribution in [2.24, 2.45) is 0 Å². The number of carbonyl (C=O) groups excluding carboxylic acids is 2. The minimum Gasteiger partial charge on any atom is -0.508 e. The number of aromatic nitrogens is 1. The van der Waals surface area contributed by atoms with Crippen molar-refractivity contribution in [2.45, 2.75) is 38.1 Å². The Morgan fingerprint density at radius 1 is 1.07 bits per heavy atom. The number of rotatable bonds is 6. The number of piperidine rings is 1. The first-order valence-corrected chi connectivity index (χ1v) is 14.9. The lowest BCUT2D eigenvalue weighted by molar-refractivity contribution is -0.120. The molecule has 43 heavy (non-hydrogen) atoms. The summed E-state index contributed by atoms with van der Waals surface area (Å²) in [5.74, 6) is 4.32. The number of aromatic hydroxyl groups is 1. The first-order chi connectivity index (χ1) is 20.8. The van der Waals surface area contributed by atoms with Gasteiger partial charge in [0.05, 0.1) is 6.10 Å². The van der Waals surface area contributed by atoms with Gasteiger partial charge in [0, 0.05) is 60.0 Å². The Balaban J connectivity index is 1.20. The third kappa shape index (κ3) is 6.44. The molecule has 1 aromatic heterocycles. The average molecular weight is 597 g/mol. The van der Waals surface area contributed by atoms with Crippen molar-refractivity contribution in [3.05, 3.63) is 111 Å². The van der Waals surface area contributed by atoms with Gasteiger partial charge >= 0.3 is 0 Å². The van der Waals surface area contributed by atoms with Gasteiger partial charge in [-0.25, -0.2) is 9.37 Å². The number of likely N-dealkylation sites (tertiary alicyclic amines) is 1. The summed E-state index contributed by atoms with van der Waals surface area (Å²) in [7, 11) is 0. The molecule has 10 heteroatoms. The number of anilines is 1. The van der Waals surface area contributed by atoms with Gasteiger partial charge in [0.15, 0.2) is 5.13 Å². The Kier molecular flexibility index (Phi) is 8.20. The number of hydrogen-bond donors (Lipinski definition) is 3. The van der Waals surface area contributed by atoms with Gasteiger partial charge in [-0.3, -0.25) is 19.8 Å². The molecule has 2 aliphatic rings. The van der Waals surface area contributed by atoms with Crippen molar-refractivity contribution in [1.29, 1.82) is 0 Å². The highest BCUT2D eigenvalue weighted by Gasteiger charge is 2.39. The van der Waals surface area contributed by atoms with Crippen molar-refractivity contribution in [3.8, 4) is 17.6 Å². The monoisotopic (exact) mass is 596 g/mol. The molecule has 8 nitrogen and oxygen atoms in total. The van der Waals surface area contributed by atoms with Crippen LogP contribution in [0.1, 0.15) is 57.1 Å². The van der Waals surface area contributed by atoms with Crippen LogP contribution in [0.2, 0.25) is 0 Å². The average Bonchev–Trinajstić information content (AvgIpc) is 3.63. The van der Waals surface area contributed by atoms with Crippen molar-refractivity contribution in [1.82, 2.24) is 14.8 Å². The van der Waals surface area contributed by atoms with E-state index in [0.29, 0.717) is 21.8 Å². The molecule has 0 spiro atoms. The third-order valence-electron chi connectivity index (χ3n) is 7.72. The molecule has 3 heterocycles. The molecule has 4 aromatic rings. The fourth-order valence-electron chi connectivity index (χ4n) is 5.44. The zero-order valence-corrected chi connectivity index (χ0v) is 24.0. The predicted octanol–water partition coefficient (Wildman–Crippen LogP) is 4.68. The minimum atomic E-state index is -1.29. The van der Waals surface area contributed by atoms with Gasteiger partial charge in [0.25, 0.3) is 11.8 Å². The van der Waals surface area contributed by atoms with E-state index >= 15 is 0 Å². The van der Waals surface area contributed by atoms with Gasteiger partial charge in [-0.05, 0) is 66.4 Å². The first-order valence-electron chi connectivity index (χ1n) is 14.0. The van der Waals surface area contributed by atoms with Crippen molar-refractivity contribution >= 4 is 28.3 Å². The summed E-state index contributed by atoms with van der Waals surface area (Å²) in [5.41, 5.74) is 3.75. The molecule has 1 fully saturated rings. The van der Waals surface area contributed by atoms with Crippen LogP contribution in [0, 0.1) is 17.7 Å². The molecule has 3 N–H and O–H groups in total. The predicted molar refractivity (Wildman–Crippen MR) is 161 cm³/mol. The lowest BCUT2D eigenvalue weighted by Crippen LogP contribution is -2.37. The normalized spacial score (nSPS) is 16.0. The SMILES string of the molecule is O=C(Nc1nccs1)[C@@H](c1cc(F)ccc1O)N1Cc2ccc(C#Cc3ccc(CN4CCC(O)CC4)cc3)cc2C1=O. The number of fused-ring (bicyclic) bond motifs is 1. The number of amides is 2. The zero-order valence-electron chi connectivity index (χ0n) is 23.2. The highest BCUT2D eigenvalue weighted by molar-refractivity contribution is 7.13. The van der Waals surface area contributed by atoms with E-state index in [1.165, 1.54) is 34.1 Å².